The molecule has 0 saturated carbocycles. The topological polar surface area (TPSA) is 78.9 Å². The normalized spacial score (nSPS) is 13.2. The molecule has 0 aliphatic carbocycles. The summed E-state index contributed by atoms with van der Waals surface area (Å²) >= 11 is 0. The Morgan fingerprint density at radius 2 is 0.444 bits per heavy atom. The van der Waals surface area contributed by atoms with Gasteiger partial charge in [0.15, 0.2) is 6.10 Å². The van der Waals surface area contributed by atoms with Crippen LogP contribution >= 0.6 is 0 Å². The second-order valence-corrected chi connectivity index (χ2v) is 21.2. The number of carbonyl (C=O) groups is 3. The molecule has 456 valence electrons. The minimum atomic E-state index is -0.807. The third kappa shape index (κ3) is 65.7. The van der Waals surface area contributed by atoms with E-state index in [2.05, 4.69) is 179 Å². The molecule has 0 aromatic carbocycles. The molecule has 0 amide bonds. The second kappa shape index (κ2) is 67.5. The van der Waals surface area contributed by atoms with E-state index in [4.69, 9.17) is 14.2 Å². The minimum absolute atomic E-state index is 0.0992. The molecule has 0 spiro atoms. The minimum Gasteiger partial charge on any atom is -0.462 e. The largest absolute Gasteiger partial charge is 0.462 e. The van der Waals surface area contributed by atoms with Crippen molar-refractivity contribution in [2.75, 3.05) is 13.2 Å². The number of carbonyl (C=O) groups excluding carboxylic acids is 3. The van der Waals surface area contributed by atoms with Crippen LogP contribution in [0, 0.1) is 0 Å². The van der Waals surface area contributed by atoms with Crippen molar-refractivity contribution in [2.45, 2.75) is 284 Å². The van der Waals surface area contributed by atoms with Gasteiger partial charge in [-0.1, -0.05) is 275 Å². The van der Waals surface area contributed by atoms with Crippen molar-refractivity contribution in [3.05, 3.63) is 158 Å². The highest BCUT2D eigenvalue weighted by Crippen LogP contribution is 2.15. The predicted molar refractivity (Wildman–Crippen MR) is 352 cm³/mol. The zero-order chi connectivity index (χ0) is 58.5. The van der Waals surface area contributed by atoms with Gasteiger partial charge in [0.05, 0.1) is 0 Å². The number of unbranched alkanes of at least 4 members (excludes halogenated alkanes) is 21. The molecule has 0 heterocycles. The lowest BCUT2D eigenvalue weighted by Gasteiger charge is -2.18. The van der Waals surface area contributed by atoms with Gasteiger partial charge in [-0.05, 0) is 141 Å². The smallest absolute Gasteiger partial charge is 0.306 e. The summed E-state index contributed by atoms with van der Waals surface area (Å²) in [7, 11) is 0. The molecule has 0 bridgehead atoms. The first-order chi connectivity index (χ1) is 40.0. The fourth-order valence-corrected chi connectivity index (χ4v) is 8.69. The van der Waals surface area contributed by atoms with Crippen LogP contribution in [-0.2, 0) is 28.6 Å². The molecule has 0 N–H and O–H groups in total. The van der Waals surface area contributed by atoms with Crippen LogP contribution in [0.5, 0.6) is 0 Å². The first kappa shape index (κ1) is 76.0. The molecule has 0 rings (SSSR count). The van der Waals surface area contributed by atoms with E-state index in [0.29, 0.717) is 19.3 Å². The number of hydrogen-bond donors (Lipinski definition) is 0. The van der Waals surface area contributed by atoms with Crippen LogP contribution in [0.2, 0.25) is 0 Å². The van der Waals surface area contributed by atoms with E-state index in [0.717, 1.165) is 173 Å². The number of esters is 3. The highest BCUT2D eigenvalue weighted by Gasteiger charge is 2.19. The molecule has 1 atom stereocenters. The molecule has 0 radical (unpaired) electrons. The molecule has 0 aromatic heterocycles. The molecular weight excluding hydrogens is 997 g/mol. The van der Waals surface area contributed by atoms with Crippen LogP contribution in [0.15, 0.2) is 158 Å². The standard InChI is InChI=1S/C75H120O6/c1-4-7-10-13-16-19-22-25-28-31-34-36-37-39-41-44-47-50-53-56-59-62-65-68-74(77)80-71-72(70-79-73(76)67-64-61-58-55-52-49-46-43-40-33-30-27-24-21-18-15-12-9-6-3)81-75(78)69-66-63-60-57-54-51-48-45-42-38-35-32-29-26-23-20-17-14-11-8-5-2/h7-12,16-21,25-30,34-36,38,40,43,45,48,72H,4-6,13-15,22-24,31-33,37,39,41-42,44,46-47,49-71H2,1-3H3/b10-7-,11-8-,12-9-,19-16-,20-17-,21-18-,28-25-,29-26-,30-27-,36-34-,38-35-,43-40-,48-45-. The number of hydrogen-bond acceptors (Lipinski definition) is 6. The second-order valence-electron chi connectivity index (χ2n) is 21.2. The van der Waals surface area contributed by atoms with Crippen molar-refractivity contribution in [2.24, 2.45) is 0 Å². The Labute approximate surface area is 499 Å². The first-order valence-corrected chi connectivity index (χ1v) is 33.0. The van der Waals surface area contributed by atoms with Crippen LogP contribution < -0.4 is 0 Å². The lowest BCUT2D eigenvalue weighted by atomic mass is 10.1. The fraction of sp³-hybridized carbons (Fsp3) is 0.613. The van der Waals surface area contributed by atoms with Gasteiger partial charge in [0.2, 0.25) is 0 Å². The molecule has 0 aliphatic heterocycles. The van der Waals surface area contributed by atoms with E-state index >= 15 is 0 Å². The van der Waals surface area contributed by atoms with Gasteiger partial charge in [-0.15, -0.1) is 0 Å². The van der Waals surface area contributed by atoms with Gasteiger partial charge in [-0.3, -0.25) is 14.4 Å². The molecule has 0 aromatic rings. The fourth-order valence-electron chi connectivity index (χ4n) is 8.69. The highest BCUT2D eigenvalue weighted by molar-refractivity contribution is 5.71. The van der Waals surface area contributed by atoms with Gasteiger partial charge < -0.3 is 14.2 Å². The van der Waals surface area contributed by atoms with Crippen molar-refractivity contribution in [3.8, 4) is 0 Å². The van der Waals surface area contributed by atoms with Gasteiger partial charge >= 0.3 is 17.9 Å². The summed E-state index contributed by atoms with van der Waals surface area (Å²) in [6.07, 6.45) is 98.1. The summed E-state index contributed by atoms with van der Waals surface area (Å²) < 4.78 is 16.9. The van der Waals surface area contributed by atoms with E-state index in [-0.39, 0.29) is 31.1 Å². The van der Waals surface area contributed by atoms with Gasteiger partial charge in [0.25, 0.3) is 0 Å². The van der Waals surface area contributed by atoms with Gasteiger partial charge in [-0.25, -0.2) is 0 Å². The summed E-state index contributed by atoms with van der Waals surface area (Å²) in [5.74, 6) is -0.936. The SMILES string of the molecule is CC/C=C\C/C=C\C/C=C\C/C=C\C/C=C\CCCCCCCC(=O)OC(COC(=O)CCCCCCCC/C=C\C/C=C\C/C=C\C/C=C\CC)COC(=O)CCCCCCCCCCCC/C=C\C/C=C\C/C=C\C/C=C\CC. The highest BCUT2D eigenvalue weighted by atomic mass is 16.6. The summed E-state index contributed by atoms with van der Waals surface area (Å²) in [5, 5.41) is 0. The molecule has 1 unspecified atom stereocenters. The summed E-state index contributed by atoms with van der Waals surface area (Å²) in [5.41, 5.74) is 0. The average Bonchev–Trinajstić information content (AvgIpc) is 3.47. The molecule has 0 fully saturated rings. The van der Waals surface area contributed by atoms with Crippen LogP contribution in [-0.4, -0.2) is 37.2 Å². The van der Waals surface area contributed by atoms with Crippen LogP contribution in [0.4, 0.5) is 0 Å². The Hall–Kier alpha value is -4.97. The van der Waals surface area contributed by atoms with E-state index in [1.54, 1.807) is 0 Å². The van der Waals surface area contributed by atoms with E-state index in [9.17, 15) is 14.4 Å². The zero-order valence-corrected chi connectivity index (χ0v) is 52.2. The van der Waals surface area contributed by atoms with Gasteiger partial charge in [-0.2, -0.15) is 0 Å². The van der Waals surface area contributed by atoms with Crippen molar-refractivity contribution in [1.82, 2.24) is 0 Å². The third-order valence-electron chi connectivity index (χ3n) is 13.5. The maximum atomic E-state index is 12.9. The molecule has 0 aliphatic rings. The van der Waals surface area contributed by atoms with Crippen molar-refractivity contribution in [3.63, 3.8) is 0 Å². The Morgan fingerprint density at radius 3 is 0.691 bits per heavy atom. The lowest BCUT2D eigenvalue weighted by Crippen LogP contribution is -2.30. The summed E-state index contributed by atoms with van der Waals surface area (Å²) in [6.45, 7) is 6.28. The maximum absolute atomic E-state index is 12.9. The molecule has 0 saturated heterocycles. The van der Waals surface area contributed by atoms with Crippen molar-refractivity contribution >= 4 is 17.9 Å². The quantitative estimate of drug-likeness (QED) is 0.0261. The zero-order valence-electron chi connectivity index (χ0n) is 52.2. The van der Waals surface area contributed by atoms with E-state index in [1.807, 2.05) is 0 Å². The molecule has 81 heavy (non-hydrogen) atoms. The Bertz CT molecular complexity index is 1810. The predicted octanol–water partition coefficient (Wildman–Crippen LogP) is 22.9. The average molecular weight is 1120 g/mol. The summed E-state index contributed by atoms with van der Waals surface area (Å²) in [6, 6.07) is 0. The number of rotatable bonds is 58. The van der Waals surface area contributed by atoms with Crippen molar-refractivity contribution < 1.29 is 28.6 Å². The first-order valence-electron chi connectivity index (χ1n) is 33.0. The van der Waals surface area contributed by atoms with Crippen LogP contribution in [0.25, 0.3) is 0 Å². The number of allylic oxidation sites excluding steroid dienone is 26. The van der Waals surface area contributed by atoms with E-state index < -0.39 is 6.10 Å². The van der Waals surface area contributed by atoms with Crippen LogP contribution in [0.1, 0.15) is 278 Å². The lowest BCUT2D eigenvalue weighted by molar-refractivity contribution is -0.167. The Morgan fingerprint density at radius 1 is 0.247 bits per heavy atom. The monoisotopic (exact) mass is 1120 g/mol. The third-order valence-corrected chi connectivity index (χ3v) is 13.5. The Balaban J connectivity index is 4.48. The maximum Gasteiger partial charge on any atom is 0.306 e. The molecule has 6 nitrogen and oxygen atoms in total. The van der Waals surface area contributed by atoms with E-state index in [1.165, 1.54) is 64.2 Å². The van der Waals surface area contributed by atoms with Gasteiger partial charge in [0, 0.05) is 19.3 Å². The number of ether oxygens (including phenoxy) is 3. The molecular formula is C75H120O6. The van der Waals surface area contributed by atoms with Crippen LogP contribution in [0.3, 0.4) is 0 Å². The molecule has 6 heteroatoms. The van der Waals surface area contributed by atoms with Crippen molar-refractivity contribution in [1.29, 1.82) is 0 Å². The van der Waals surface area contributed by atoms with Gasteiger partial charge in [0.1, 0.15) is 13.2 Å². The Kier molecular flexibility index (Phi) is 63.4. The summed E-state index contributed by atoms with van der Waals surface area (Å²) in [4.78, 5) is 38.4.